The van der Waals surface area contributed by atoms with Gasteiger partial charge in [-0.25, -0.2) is 4.98 Å². The molecule has 1 heterocycles. The number of anilines is 1. The Morgan fingerprint density at radius 2 is 1.63 bits per heavy atom. The molecule has 2 N–H and O–H groups in total. The molecule has 1 atom stereocenters. The van der Waals surface area contributed by atoms with Gasteiger partial charge in [0.2, 0.25) is 5.91 Å². The third kappa shape index (κ3) is 6.39. The minimum Gasteiger partial charge on any atom is -0.493 e. The number of benzene rings is 2. The smallest absolute Gasteiger partial charge is 0.251 e. The lowest BCUT2D eigenvalue weighted by molar-refractivity contribution is -0.118. The molecule has 0 radical (unpaired) electrons. The van der Waals surface area contributed by atoms with Gasteiger partial charge in [-0.15, -0.1) is 11.3 Å². The van der Waals surface area contributed by atoms with Crippen LogP contribution >= 0.6 is 11.3 Å². The van der Waals surface area contributed by atoms with Gasteiger partial charge in [-0.3, -0.25) is 9.59 Å². The standard InChI is InChI=1S/C27H33N3O4S/c1-16(2)23(29-24(31)17-8-11-19(12-9-17)27(3,4)5)25(32)30-26-28-20(15-35-26)18-10-13-21(33-6)22(14-18)34-7/h8-16,23H,1-7H3,(H,29,31)(H,28,30,32). The van der Waals surface area contributed by atoms with Crippen LogP contribution in [-0.2, 0) is 10.2 Å². The summed E-state index contributed by atoms with van der Waals surface area (Å²) in [4.78, 5) is 30.4. The van der Waals surface area contributed by atoms with Crippen LogP contribution in [0.15, 0.2) is 47.8 Å². The van der Waals surface area contributed by atoms with E-state index in [0.29, 0.717) is 27.9 Å². The van der Waals surface area contributed by atoms with E-state index in [9.17, 15) is 9.59 Å². The van der Waals surface area contributed by atoms with Crippen molar-refractivity contribution >= 4 is 28.3 Å². The van der Waals surface area contributed by atoms with Crippen molar-refractivity contribution in [1.29, 1.82) is 0 Å². The van der Waals surface area contributed by atoms with E-state index < -0.39 is 6.04 Å². The summed E-state index contributed by atoms with van der Waals surface area (Å²) < 4.78 is 10.6. The number of aromatic nitrogens is 1. The number of hydrogen-bond acceptors (Lipinski definition) is 6. The number of carbonyl (C=O) groups is 2. The lowest BCUT2D eigenvalue weighted by Crippen LogP contribution is -2.47. The minimum absolute atomic E-state index is 0.00112. The molecule has 35 heavy (non-hydrogen) atoms. The number of nitrogens with one attached hydrogen (secondary N) is 2. The van der Waals surface area contributed by atoms with E-state index >= 15 is 0 Å². The summed E-state index contributed by atoms with van der Waals surface area (Å²) in [6.07, 6.45) is 0. The van der Waals surface area contributed by atoms with Crippen LogP contribution in [0.4, 0.5) is 5.13 Å². The largest absolute Gasteiger partial charge is 0.493 e. The predicted molar refractivity (Wildman–Crippen MR) is 141 cm³/mol. The van der Waals surface area contributed by atoms with Gasteiger partial charge < -0.3 is 20.1 Å². The molecule has 0 saturated heterocycles. The first-order valence-corrected chi connectivity index (χ1v) is 12.3. The Bertz CT molecular complexity index is 1180. The van der Waals surface area contributed by atoms with Crippen LogP contribution in [0, 0.1) is 5.92 Å². The zero-order valence-corrected chi connectivity index (χ0v) is 22.1. The first-order valence-electron chi connectivity index (χ1n) is 11.4. The van der Waals surface area contributed by atoms with Gasteiger partial charge in [0.25, 0.3) is 5.91 Å². The molecule has 0 aliphatic heterocycles. The fourth-order valence-corrected chi connectivity index (χ4v) is 4.25. The van der Waals surface area contributed by atoms with Crippen LogP contribution in [0.5, 0.6) is 11.5 Å². The number of rotatable bonds is 8. The topological polar surface area (TPSA) is 89.6 Å². The molecule has 2 aromatic carbocycles. The van der Waals surface area contributed by atoms with Gasteiger partial charge in [-0.05, 0) is 47.2 Å². The van der Waals surface area contributed by atoms with Gasteiger partial charge in [0.1, 0.15) is 6.04 Å². The fraction of sp³-hybridized carbons (Fsp3) is 0.370. The van der Waals surface area contributed by atoms with Gasteiger partial charge in [0.15, 0.2) is 16.6 Å². The van der Waals surface area contributed by atoms with Crippen molar-refractivity contribution in [2.24, 2.45) is 5.92 Å². The maximum absolute atomic E-state index is 13.0. The molecule has 0 spiro atoms. The van der Waals surface area contributed by atoms with E-state index in [-0.39, 0.29) is 23.1 Å². The summed E-state index contributed by atoms with van der Waals surface area (Å²) in [5.74, 6) is 0.515. The number of nitrogens with zero attached hydrogens (tertiary/aromatic N) is 1. The maximum atomic E-state index is 13.0. The van der Waals surface area contributed by atoms with Crippen LogP contribution < -0.4 is 20.1 Å². The number of ether oxygens (including phenoxy) is 2. The van der Waals surface area contributed by atoms with Crippen molar-refractivity contribution in [2.75, 3.05) is 19.5 Å². The third-order valence-corrected chi connectivity index (χ3v) is 6.42. The average molecular weight is 496 g/mol. The average Bonchev–Trinajstić information content (AvgIpc) is 3.29. The molecule has 7 nitrogen and oxygen atoms in total. The second-order valence-corrected chi connectivity index (χ2v) is 10.5. The Morgan fingerprint density at radius 3 is 2.20 bits per heavy atom. The first-order chi connectivity index (χ1) is 16.5. The minimum atomic E-state index is -0.710. The molecule has 8 heteroatoms. The van der Waals surface area contributed by atoms with E-state index in [4.69, 9.17) is 9.47 Å². The highest BCUT2D eigenvalue weighted by molar-refractivity contribution is 7.14. The van der Waals surface area contributed by atoms with E-state index in [1.165, 1.54) is 11.3 Å². The van der Waals surface area contributed by atoms with Crippen LogP contribution in [0.1, 0.15) is 50.5 Å². The fourth-order valence-electron chi connectivity index (χ4n) is 3.52. The van der Waals surface area contributed by atoms with Gasteiger partial charge >= 0.3 is 0 Å². The normalized spacial score (nSPS) is 12.2. The number of carbonyl (C=O) groups excluding carboxylic acids is 2. The molecule has 3 rings (SSSR count). The lowest BCUT2D eigenvalue weighted by atomic mass is 9.86. The Kier molecular flexibility index (Phi) is 8.17. The Hall–Kier alpha value is -3.39. The number of methoxy groups -OCH3 is 2. The highest BCUT2D eigenvalue weighted by atomic mass is 32.1. The SMILES string of the molecule is COc1ccc(-c2csc(NC(=O)C(NC(=O)c3ccc(C(C)(C)C)cc3)C(C)C)n2)cc1OC. The van der Waals surface area contributed by atoms with Crippen molar-refractivity contribution < 1.29 is 19.1 Å². The molecule has 1 aromatic heterocycles. The molecule has 3 aromatic rings. The highest BCUT2D eigenvalue weighted by Crippen LogP contribution is 2.33. The predicted octanol–water partition coefficient (Wildman–Crippen LogP) is 5.52. The summed E-state index contributed by atoms with van der Waals surface area (Å²) in [5, 5.41) is 8.03. The summed E-state index contributed by atoms with van der Waals surface area (Å²) in [7, 11) is 3.16. The molecule has 0 saturated carbocycles. The Morgan fingerprint density at radius 1 is 0.971 bits per heavy atom. The summed E-state index contributed by atoms with van der Waals surface area (Å²) >= 11 is 1.32. The van der Waals surface area contributed by atoms with Crippen LogP contribution in [0.3, 0.4) is 0 Å². The zero-order chi connectivity index (χ0) is 25.8. The van der Waals surface area contributed by atoms with E-state index in [1.54, 1.807) is 26.4 Å². The van der Waals surface area contributed by atoms with Crippen molar-refractivity contribution in [3.63, 3.8) is 0 Å². The van der Waals surface area contributed by atoms with E-state index in [2.05, 4.69) is 36.4 Å². The number of hydrogen-bond donors (Lipinski definition) is 2. The highest BCUT2D eigenvalue weighted by Gasteiger charge is 2.26. The van der Waals surface area contributed by atoms with Crippen molar-refractivity contribution in [3.8, 4) is 22.8 Å². The molecule has 1 unspecified atom stereocenters. The van der Waals surface area contributed by atoms with Gasteiger partial charge in [0, 0.05) is 16.5 Å². The Balaban J connectivity index is 1.71. The molecule has 0 aliphatic rings. The number of thiazole rings is 1. The van der Waals surface area contributed by atoms with Crippen molar-refractivity contribution in [3.05, 3.63) is 59.0 Å². The molecule has 2 amide bonds. The van der Waals surface area contributed by atoms with E-state index in [1.807, 2.05) is 49.6 Å². The van der Waals surface area contributed by atoms with Crippen molar-refractivity contribution in [2.45, 2.75) is 46.1 Å². The molecule has 0 fully saturated rings. The van der Waals surface area contributed by atoms with Gasteiger partial charge in [0.05, 0.1) is 19.9 Å². The third-order valence-electron chi connectivity index (χ3n) is 5.66. The Labute approximate surface area is 210 Å². The van der Waals surface area contributed by atoms with Crippen LogP contribution in [0.2, 0.25) is 0 Å². The molecule has 186 valence electrons. The lowest BCUT2D eigenvalue weighted by Gasteiger charge is -2.22. The van der Waals surface area contributed by atoms with Crippen LogP contribution in [-0.4, -0.2) is 37.1 Å². The summed E-state index contributed by atoms with van der Waals surface area (Å²) in [6, 6.07) is 12.3. The second-order valence-electron chi connectivity index (χ2n) is 9.62. The molecule has 0 bridgehead atoms. The van der Waals surface area contributed by atoms with Gasteiger partial charge in [-0.2, -0.15) is 0 Å². The van der Waals surface area contributed by atoms with E-state index in [0.717, 1.165) is 11.1 Å². The summed E-state index contributed by atoms with van der Waals surface area (Å²) in [6.45, 7) is 10.2. The maximum Gasteiger partial charge on any atom is 0.251 e. The van der Waals surface area contributed by atoms with Crippen LogP contribution in [0.25, 0.3) is 11.3 Å². The summed E-state index contributed by atoms with van der Waals surface area (Å²) in [5.41, 5.74) is 3.20. The molecule has 0 aliphatic carbocycles. The quantitative estimate of drug-likeness (QED) is 0.430. The first kappa shape index (κ1) is 26.2. The number of amides is 2. The molecular weight excluding hydrogens is 462 g/mol. The molecular formula is C27H33N3O4S. The zero-order valence-electron chi connectivity index (χ0n) is 21.3. The van der Waals surface area contributed by atoms with Crippen molar-refractivity contribution in [1.82, 2.24) is 10.3 Å². The van der Waals surface area contributed by atoms with Gasteiger partial charge in [-0.1, -0.05) is 46.8 Å². The second kappa shape index (κ2) is 10.9. The monoisotopic (exact) mass is 495 g/mol.